The minimum absolute atomic E-state index is 0.118. The lowest BCUT2D eigenvalue weighted by Crippen LogP contribution is -2.65. The first-order valence-electron chi connectivity index (χ1n) is 11.1. The zero-order valence-electron chi connectivity index (χ0n) is 17.4. The first-order valence-corrected chi connectivity index (χ1v) is 12.2. The van der Waals surface area contributed by atoms with Gasteiger partial charge in [-0.2, -0.15) is 0 Å². The minimum Gasteiger partial charge on any atom is -0.388 e. The average Bonchev–Trinajstić information content (AvgIpc) is 3.00. The molecule has 0 spiro atoms. The standard InChI is InChI=1S/C21H34N2O6S/c1-11-6-3-5-9-30-21-17(26)15(24)16(25)19(29-21)13(11)23-20(27)14-18-12(10-22-14)7-2-4-8-28-18/h3,6,11-19,21-22,24-26H,2,4-5,7-10H2,1H3,(H,23,27)/b6-3-/t11?,12?,13-,14?,15?,16?,17?,18?,19?,21?/m1/s1. The third-order valence-electron chi connectivity index (χ3n) is 6.80. The van der Waals surface area contributed by atoms with E-state index in [9.17, 15) is 20.1 Å². The monoisotopic (exact) mass is 442 g/mol. The molecule has 2 bridgehead atoms. The van der Waals surface area contributed by atoms with Crippen LogP contribution in [0.2, 0.25) is 0 Å². The van der Waals surface area contributed by atoms with Crippen LogP contribution in [-0.4, -0.2) is 88.2 Å². The molecule has 0 aromatic rings. The topological polar surface area (TPSA) is 120 Å². The fourth-order valence-corrected chi connectivity index (χ4v) is 6.08. The molecule has 9 heteroatoms. The van der Waals surface area contributed by atoms with Gasteiger partial charge in [-0.25, -0.2) is 0 Å². The molecule has 1 amide bonds. The number of amides is 1. The van der Waals surface area contributed by atoms with Crippen LogP contribution in [0.15, 0.2) is 12.2 Å². The summed E-state index contributed by atoms with van der Waals surface area (Å²) >= 11 is 1.41. The number of hydrogen-bond acceptors (Lipinski definition) is 8. The Morgan fingerprint density at radius 3 is 2.83 bits per heavy atom. The highest BCUT2D eigenvalue weighted by molar-refractivity contribution is 7.99. The normalized spacial score (nSPS) is 48.3. The highest BCUT2D eigenvalue weighted by atomic mass is 32.2. The second kappa shape index (κ2) is 9.85. The Labute approximate surface area is 181 Å². The van der Waals surface area contributed by atoms with Crippen molar-refractivity contribution < 1.29 is 29.6 Å². The van der Waals surface area contributed by atoms with Gasteiger partial charge in [-0.05, 0) is 36.9 Å². The van der Waals surface area contributed by atoms with E-state index in [1.807, 2.05) is 13.0 Å². The Bertz CT molecular complexity index is 637. The van der Waals surface area contributed by atoms with E-state index < -0.39 is 41.9 Å². The maximum Gasteiger partial charge on any atom is 0.240 e. The molecule has 8 nitrogen and oxygen atoms in total. The van der Waals surface area contributed by atoms with Gasteiger partial charge in [0.1, 0.15) is 35.9 Å². The van der Waals surface area contributed by atoms with Crippen LogP contribution in [0.1, 0.15) is 32.6 Å². The van der Waals surface area contributed by atoms with Crippen LogP contribution in [0.3, 0.4) is 0 Å². The number of ether oxygens (including phenoxy) is 2. The van der Waals surface area contributed by atoms with Crippen molar-refractivity contribution in [1.29, 1.82) is 0 Å². The van der Waals surface area contributed by atoms with Gasteiger partial charge in [0.25, 0.3) is 0 Å². The summed E-state index contributed by atoms with van der Waals surface area (Å²) in [5.74, 6) is 0.780. The molecule has 30 heavy (non-hydrogen) atoms. The van der Waals surface area contributed by atoms with Crippen molar-refractivity contribution in [2.24, 2.45) is 11.8 Å². The Kier molecular flexibility index (Phi) is 7.39. The number of aliphatic hydroxyl groups excluding tert-OH is 3. The molecule has 3 saturated heterocycles. The Morgan fingerprint density at radius 2 is 2.00 bits per heavy atom. The first-order chi connectivity index (χ1) is 14.5. The number of thioether (sulfide) groups is 1. The molecule has 4 aliphatic rings. The van der Waals surface area contributed by atoms with Crippen LogP contribution in [-0.2, 0) is 14.3 Å². The first kappa shape index (κ1) is 22.5. The van der Waals surface area contributed by atoms with E-state index in [1.165, 1.54) is 11.8 Å². The predicted molar refractivity (Wildman–Crippen MR) is 113 cm³/mol. The maximum absolute atomic E-state index is 13.3. The molecule has 0 aromatic heterocycles. The fraction of sp³-hybridized carbons (Fsp3) is 0.857. The number of hydrogen-bond donors (Lipinski definition) is 5. The number of nitrogens with one attached hydrogen (secondary N) is 2. The Morgan fingerprint density at radius 1 is 1.17 bits per heavy atom. The number of allylic oxidation sites excluding steroid dienone is 1. The lowest BCUT2D eigenvalue weighted by atomic mass is 9.87. The summed E-state index contributed by atoms with van der Waals surface area (Å²) in [6.07, 6.45) is 3.30. The van der Waals surface area contributed by atoms with Crippen LogP contribution < -0.4 is 10.6 Å². The molecule has 5 N–H and O–H groups in total. The van der Waals surface area contributed by atoms with E-state index in [1.54, 1.807) is 0 Å². The maximum atomic E-state index is 13.3. The lowest BCUT2D eigenvalue weighted by Gasteiger charge is -2.45. The number of aliphatic hydroxyl groups is 3. The van der Waals surface area contributed by atoms with Gasteiger partial charge in [0.05, 0.1) is 12.1 Å². The summed E-state index contributed by atoms with van der Waals surface area (Å²) < 4.78 is 12.0. The second-order valence-electron chi connectivity index (χ2n) is 8.90. The predicted octanol–water partition coefficient (Wildman–Crippen LogP) is -0.235. The summed E-state index contributed by atoms with van der Waals surface area (Å²) in [5, 5.41) is 37.8. The molecule has 4 heterocycles. The molecule has 0 aromatic carbocycles. The molecule has 9 unspecified atom stereocenters. The van der Waals surface area contributed by atoms with Crippen LogP contribution in [0.25, 0.3) is 0 Å². The summed E-state index contributed by atoms with van der Waals surface area (Å²) in [4.78, 5) is 13.3. The number of carbonyl (C=O) groups is 1. The van der Waals surface area contributed by atoms with E-state index in [-0.39, 0.29) is 17.9 Å². The van der Waals surface area contributed by atoms with Gasteiger partial charge in [-0.3, -0.25) is 4.79 Å². The van der Waals surface area contributed by atoms with Crippen molar-refractivity contribution in [3.8, 4) is 0 Å². The summed E-state index contributed by atoms with van der Waals surface area (Å²) in [5.41, 5.74) is -0.648. The molecular weight excluding hydrogens is 408 g/mol. The summed E-state index contributed by atoms with van der Waals surface area (Å²) in [7, 11) is 0. The van der Waals surface area contributed by atoms with Gasteiger partial charge in [0.15, 0.2) is 0 Å². The van der Waals surface area contributed by atoms with Crippen molar-refractivity contribution in [2.75, 3.05) is 18.9 Å². The van der Waals surface area contributed by atoms with Crippen LogP contribution in [0.4, 0.5) is 0 Å². The number of rotatable bonds is 2. The molecule has 4 rings (SSSR count). The molecule has 0 aliphatic carbocycles. The third kappa shape index (κ3) is 4.57. The van der Waals surface area contributed by atoms with Crippen molar-refractivity contribution in [2.45, 2.75) is 80.6 Å². The van der Waals surface area contributed by atoms with E-state index in [2.05, 4.69) is 16.7 Å². The third-order valence-corrected chi connectivity index (χ3v) is 7.99. The lowest BCUT2D eigenvalue weighted by molar-refractivity contribution is -0.207. The van der Waals surface area contributed by atoms with Crippen molar-refractivity contribution in [3.05, 3.63) is 12.2 Å². The van der Waals surface area contributed by atoms with Gasteiger partial charge >= 0.3 is 0 Å². The SMILES string of the molecule is CC1/C=C\CCSC2OC(C(O)C(O)C2O)[C@@H]1NC(=O)C1NCC2CCCCOC21. The molecule has 4 aliphatic heterocycles. The van der Waals surface area contributed by atoms with Gasteiger partial charge in [0, 0.05) is 13.2 Å². The van der Waals surface area contributed by atoms with Gasteiger partial charge in [-0.1, -0.05) is 25.5 Å². The molecule has 0 saturated carbocycles. The largest absolute Gasteiger partial charge is 0.388 e. The van der Waals surface area contributed by atoms with Crippen molar-refractivity contribution >= 4 is 17.7 Å². The molecule has 3 fully saturated rings. The van der Waals surface area contributed by atoms with Crippen molar-refractivity contribution in [1.82, 2.24) is 10.6 Å². The van der Waals surface area contributed by atoms with Crippen LogP contribution in [0.5, 0.6) is 0 Å². The molecule has 0 radical (unpaired) electrons. The van der Waals surface area contributed by atoms with Gasteiger partial charge < -0.3 is 35.4 Å². The zero-order valence-corrected chi connectivity index (χ0v) is 18.2. The van der Waals surface area contributed by atoms with Gasteiger partial charge in [-0.15, -0.1) is 11.8 Å². The van der Waals surface area contributed by atoms with E-state index in [4.69, 9.17) is 9.47 Å². The second-order valence-corrected chi connectivity index (χ2v) is 10.1. The van der Waals surface area contributed by atoms with Crippen molar-refractivity contribution in [3.63, 3.8) is 0 Å². The Balaban J connectivity index is 1.53. The van der Waals surface area contributed by atoms with E-state index >= 15 is 0 Å². The fourth-order valence-electron chi connectivity index (χ4n) is 5.01. The quantitative estimate of drug-likeness (QED) is 0.372. The molecule has 170 valence electrons. The average molecular weight is 443 g/mol. The zero-order chi connectivity index (χ0) is 21.3. The Hall–Kier alpha value is -0.680. The highest BCUT2D eigenvalue weighted by Crippen LogP contribution is 2.33. The van der Waals surface area contributed by atoms with Gasteiger partial charge in [0.2, 0.25) is 5.91 Å². The summed E-state index contributed by atoms with van der Waals surface area (Å²) in [6, 6.07) is -0.986. The van der Waals surface area contributed by atoms with E-state index in [0.717, 1.165) is 38.0 Å². The van der Waals surface area contributed by atoms with Crippen LogP contribution >= 0.6 is 11.8 Å². The number of carbonyl (C=O) groups excluding carboxylic acids is 1. The molecule has 10 atom stereocenters. The number of fused-ring (bicyclic) bond motifs is 3. The molecular formula is C21H34N2O6S. The highest BCUT2D eigenvalue weighted by Gasteiger charge is 2.49. The van der Waals surface area contributed by atoms with Crippen LogP contribution in [0, 0.1) is 11.8 Å². The smallest absolute Gasteiger partial charge is 0.240 e. The minimum atomic E-state index is -1.32. The van der Waals surface area contributed by atoms with E-state index in [0.29, 0.717) is 12.5 Å². The summed E-state index contributed by atoms with van der Waals surface area (Å²) in [6.45, 7) is 3.39.